The molecule has 212 valence electrons. The predicted molar refractivity (Wildman–Crippen MR) is 151 cm³/mol. The molecule has 0 aromatic heterocycles. The van der Waals surface area contributed by atoms with Crippen LogP contribution in [0.2, 0.25) is 0 Å². The number of benzene rings is 2. The summed E-state index contributed by atoms with van der Waals surface area (Å²) in [4.78, 5) is 42.6. The van der Waals surface area contributed by atoms with Gasteiger partial charge >= 0.3 is 6.09 Å². The van der Waals surface area contributed by atoms with Crippen molar-refractivity contribution in [1.29, 1.82) is 0 Å². The van der Waals surface area contributed by atoms with Crippen LogP contribution in [0.1, 0.15) is 76.6 Å². The van der Waals surface area contributed by atoms with Crippen LogP contribution in [0.25, 0.3) is 0 Å². The van der Waals surface area contributed by atoms with Crippen LogP contribution in [0.5, 0.6) is 5.75 Å². The van der Waals surface area contributed by atoms with Crippen molar-refractivity contribution >= 4 is 17.9 Å². The van der Waals surface area contributed by atoms with E-state index in [1.165, 1.54) is 0 Å². The molecule has 0 saturated heterocycles. The van der Waals surface area contributed by atoms with Crippen molar-refractivity contribution in [2.45, 2.75) is 91.0 Å². The molecule has 0 radical (unpaired) electrons. The number of aryl methyl sites for hydroxylation is 1. The topological polar surface area (TPSA) is 108 Å². The second-order valence-corrected chi connectivity index (χ2v) is 11.5. The number of alkyl carbamates (subject to hydrolysis) is 1. The Balaban J connectivity index is 2.05. The third kappa shape index (κ3) is 8.22. The van der Waals surface area contributed by atoms with E-state index in [9.17, 15) is 19.5 Å². The minimum atomic E-state index is -1.05. The van der Waals surface area contributed by atoms with Gasteiger partial charge in [0.25, 0.3) is 0 Å². The van der Waals surface area contributed by atoms with Crippen LogP contribution in [0.15, 0.2) is 48.5 Å². The van der Waals surface area contributed by atoms with Crippen molar-refractivity contribution in [2.24, 2.45) is 5.92 Å². The zero-order chi connectivity index (χ0) is 28.7. The quantitative estimate of drug-likeness (QED) is 0.349. The van der Waals surface area contributed by atoms with Crippen molar-refractivity contribution in [3.8, 4) is 5.75 Å². The van der Waals surface area contributed by atoms with Gasteiger partial charge in [-0.2, -0.15) is 0 Å². The molecule has 0 aliphatic heterocycles. The van der Waals surface area contributed by atoms with Crippen molar-refractivity contribution in [3.05, 3.63) is 65.2 Å². The number of ether oxygens (including phenoxy) is 1. The average molecular weight is 538 g/mol. The highest BCUT2D eigenvalue weighted by molar-refractivity contribution is 5.93. The number of phenolic OH excluding ortho intramolecular Hbond substituents is 1. The van der Waals surface area contributed by atoms with Crippen LogP contribution in [0, 0.1) is 12.8 Å². The van der Waals surface area contributed by atoms with Gasteiger partial charge in [-0.25, -0.2) is 4.79 Å². The molecule has 3 rings (SSSR count). The number of hydrogen-bond acceptors (Lipinski definition) is 5. The predicted octanol–water partition coefficient (Wildman–Crippen LogP) is 5.03. The first-order chi connectivity index (χ1) is 18.4. The van der Waals surface area contributed by atoms with Gasteiger partial charge in [-0.1, -0.05) is 68.8 Å². The Morgan fingerprint density at radius 1 is 1.10 bits per heavy atom. The molecule has 0 heterocycles. The molecule has 0 spiro atoms. The number of carbonyl (C=O) groups is 3. The largest absolute Gasteiger partial charge is 0.507 e. The lowest BCUT2D eigenvalue weighted by Gasteiger charge is -2.35. The van der Waals surface area contributed by atoms with E-state index in [1.807, 2.05) is 44.2 Å². The Morgan fingerprint density at radius 2 is 1.77 bits per heavy atom. The third-order valence-electron chi connectivity index (χ3n) is 6.87. The molecule has 8 heteroatoms. The summed E-state index contributed by atoms with van der Waals surface area (Å²) in [5, 5.41) is 16.8. The highest BCUT2D eigenvalue weighted by Crippen LogP contribution is 2.43. The van der Waals surface area contributed by atoms with Gasteiger partial charge in [0.2, 0.25) is 11.8 Å². The molecule has 0 bridgehead atoms. The molecule has 4 atom stereocenters. The summed E-state index contributed by atoms with van der Waals surface area (Å²) in [7, 11) is 0. The van der Waals surface area contributed by atoms with Gasteiger partial charge in [0.05, 0.1) is 0 Å². The number of carbonyl (C=O) groups excluding carboxylic acids is 3. The zero-order valence-corrected chi connectivity index (χ0v) is 24.0. The number of unbranched alkanes of at least 4 members (excludes halogenated alkanes) is 1. The maximum absolute atomic E-state index is 14.4. The minimum absolute atomic E-state index is 0.0149. The van der Waals surface area contributed by atoms with Gasteiger partial charge in [-0.3, -0.25) is 9.59 Å². The summed E-state index contributed by atoms with van der Waals surface area (Å²) in [6, 6.07) is 12.4. The van der Waals surface area contributed by atoms with E-state index in [0.717, 1.165) is 24.8 Å². The summed E-state index contributed by atoms with van der Waals surface area (Å²) in [5.41, 5.74) is 1.09. The monoisotopic (exact) mass is 537 g/mol. The second kappa shape index (κ2) is 13.0. The third-order valence-corrected chi connectivity index (χ3v) is 6.87. The van der Waals surface area contributed by atoms with E-state index in [0.29, 0.717) is 17.7 Å². The molecule has 1 aliphatic rings. The average Bonchev–Trinajstić information content (AvgIpc) is 3.59. The first-order valence-corrected chi connectivity index (χ1v) is 13.8. The van der Waals surface area contributed by atoms with Gasteiger partial charge in [0, 0.05) is 24.6 Å². The standard InChI is InChI=1S/C31H43N3O5/c1-7-8-17-32-28(36)26(23-16-12-13-20(2)27(23)35)34(25-18-21(25)3)29(37)24(19-22-14-10-9-11-15-22)33-30(38)39-31(4,5)6/h9-16,21,24-26,35H,7-8,17-19H2,1-6H3,(H,32,36)(H,33,38). The van der Waals surface area contributed by atoms with Gasteiger partial charge in [-0.15, -0.1) is 0 Å². The van der Waals surface area contributed by atoms with Crippen LogP contribution in [-0.2, 0) is 20.7 Å². The molecule has 8 nitrogen and oxygen atoms in total. The van der Waals surface area contributed by atoms with E-state index >= 15 is 0 Å². The highest BCUT2D eigenvalue weighted by Gasteiger charge is 2.48. The molecule has 2 aromatic carbocycles. The first-order valence-electron chi connectivity index (χ1n) is 13.8. The minimum Gasteiger partial charge on any atom is -0.507 e. The number of nitrogens with one attached hydrogen (secondary N) is 2. The Bertz CT molecular complexity index is 1140. The maximum Gasteiger partial charge on any atom is 0.408 e. The number of phenols is 1. The highest BCUT2D eigenvalue weighted by atomic mass is 16.6. The number of amides is 3. The lowest BCUT2D eigenvalue weighted by Crippen LogP contribution is -2.54. The first kappa shape index (κ1) is 30.0. The molecular weight excluding hydrogens is 494 g/mol. The lowest BCUT2D eigenvalue weighted by atomic mass is 9.97. The number of rotatable bonds is 11. The fourth-order valence-corrected chi connectivity index (χ4v) is 4.66. The SMILES string of the molecule is CCCCNC(=O)C(c1cccc(C)c1O)N(C(=O)C(Cc1ccccc1)NC(=O)OC(C)(C)C)C1CC1C. The normalized spacial score (nSPS) is 18.0. The molecular formula is C31H43N3O5. The summed E-state index contributed by atoms with van der Waals surface area (Å²) in [6.45, 7) is 11.6. The van der Waals surface area contributed by atoms with E-state index in [4.69, 9.17) is 4.74 Å². The molecule has 39 heavy (non-hydrogen) atoms. The van der Waals surface area contributed by atoms with Crippen molar-refractivity contribution in [2.75, 3.05) is 6.54 Å². The smallest absolute Gasteiger partial charge is 0.408 e. The molecule has 4 unspecified atom stereocenters. The molecule has 3 amide bonds. The number of hydrogen-bond donors (Lipinski definition) is 3. The van der Waals surface area contributed by atoms with Crippen LogP contribution in [0.3, 0.4) is 0 Å². The second-order valence-electron chi connectivity index (χ2n) is 11.5. The van der Waals surface area contributed by atoms with Crippen molar-refractivity contribution in [1.82, 2.24) is 15.5 Å². The fraction of sp³-hybridized carbons (Fsp3) is 0.516. The Kier molecular flexibility index (Phi) is 10.0. The summed E-state index contributed by atoms with van der Waals surface area (Å²) >= 11 is 0. The number of nitrogens with zero attached hydrogens (tertiary/aromatic N) is 1. The molecule has 1 saturated carbocycles. The van der Waals surface area contributed by atoms with Crippen LogP contribution < -0.4 is 10.6 Å². The summed E-state index contributed by atoms with van der Waals surface area (Å²) in [5.74, 6) is -0.590. The van der Waals surface area contributed by atoms with E-state index in [2.05, 4.69) is 10.6 Å². The Labute approximate surface area is 232 Å². The summed E-state index contributed by atoms with van der Waals surface area (Å²) in [6.07, 6.45) is 1.94. The molecule has 3 N–H and O–H groups in total. The number of para-hydroxylation sites is 1. The van der Waals surface area contributed by atoms with Crippen LogP contribution in [-0.4, -0.2) is 52.1 Å². The van der Waals surface area contributed by atoms with Gasteiger partial charge in [-0.05, 0) is 57.6 Å². The van der Waals surface area contributed by atoms with Gasteiger partial charge in [0.15, 0.2) is 0 Å². The van der Waals surface area contributed by atoms with E-state index < -0.39 is 29.7 Å². The summed E-state index contributed by atoms with van der Waals surface area (Å²) < 4.78 is 5.49. The van der Waals surface area contributed by atoms with E-state index in [1.54, 1.807) is 50.8 Å². The van der Waals surface area contributed by atoms with Crippen LogP contribution in [0.4, 0.5) is 4.79 Å². The molecule has 2 aromatic rings. The maximum atomic E-state index is 14.4. The van der Waals surface area contributed by atoms with Gasteiger partial charge in [0.1, 0.15) is 23.4 Å². The Morgan fingerprint density at radius 3 is 2.36 bits per heavy atom. The number of aromatic hydroxyl groups is 1. The lowest BCUT2D eigenvalue weighted by molar-refractivity contribution is -0.143. The van der Waals surface area contributed by atoms with Gasteiger partial charge < -0.3 is 25.4 Å². The van der Waals surface area contributed by atoms with E-state index in [-0.39, 0.29) is 30.0 Å². The van der Waals surface area contributed by atoms with Crippen molar-refractivity contribution in [3.63, 3.8) is 0 Å². The molecule has 1 fully saturated rings. The fourth-order valence-electron chi connectivity index (χ4n) is 4.66. The zero-order valence-electron chi connectivity index (χ0n) is 24.0. The van der Waals surface area contributed by atoms with Crippen LogP contribution >= 0.6 is 0 Å². The molecule has 1 aliphatic carbocycles. The van der Waals surface area contributed by atoms with Crippen molar-refractivity contribution < 1.29 is 24.2 Å². The Hall–Kier alpha value is -3.55.